The Kier molecular flexibility index (Phi) is 3.08. The summed E-state index contributed by atoms with van der Waals surface area (Å²) in [5.41, 5.74) is 9.71. The topological polar surface area (TPSA) is 73.6 Å². The van der Waals surface area contributed by atoms with E-state index >= 15 is 0 Å². The summed E-state index contributed by atoms with van der Waals surface area (Å²) in [6.45, 7) is 0. The van der Waals surface area contributed by atoms with E-state index in [-0.39, 0.29) is 0 Å². The Balaban J connectivity index is 2.25. The second-order valence-corrected chi connectivity index (χ2v) is 3.34. The maximum absolute atomic E-state index is 8.76. The Hall–Kier alpha value is -2.74. The van der Waals surface area contributed by atoms with E-state index in [1.165, 1.54) is 0 Å². The SMILES string of the molecule is N#[N+]c1cccc(Oc2cccc([NH+]=[N-])c2)c1. The second-order valence-electron chi connectivity index (χ2n) is 3.34. The van der Waals surface area contributed by atoms with Crippen LogP contribution in [0, 0.1) is 5.39 Å². The summed E-state index contributed by atoms with van der Waals surface area (Å²) in [4.78, 5) is 3.07. The molecule has 0 saturated carbocycles. The maximum atomic E-state index is 8.76. The van der Waals surface area contributed by atoms with Gasteiger partial charge >= 0.3 is 5.69 Å². The average molecular weight is 225 g/mol. The van der Waals surface area contributed by atoms with Crippen LogP contribution in [-0.4, -0.2) is 0 Å². The van der Waals surface area contributed by atoms with Crippen LogP contribution >= 0.6 is 0 Å². The van der Waals surface area contributed by atoms with Gasteiger partial charge in [-0.2, -0.15) is 0 Å². The molecular weight excluding hydrogens is 216 g/mol. The van der Waals surface area contributed by atoms with Crippen LogP contribution in [0.5, 0.6) is 11.5 Å². The number of benzene rings is 2. The number of hydrogen-bond acceptors (Lipinski definition) is 2. The molecule has 0 aromatic heterocycles. The van der Waals surface area contributed by atoms with Crippen LogP contribution < -0.4 is 9.85 Å². The molecule has 82 valence electrons. The lowest BCUT2D eigenvalue weighted by Crippen LogP contribution is -2.54. The van der Waals surface area contributed by atoms with Crippen LogP contribution in [0.1, 0.15) is 0 Å². The highest BCUT2D eigenvalue weighted by Gasteiger charge is 2.06. The first-order valence-corrected chi connectivity index (χ1v) is 4.95. The zero-order valence-corrected chi connectivity index (χ0v) is 8.87. The first kappa shape index (κ1) is 10.8. The fourth-order valence-electron chi connectivity index (χ4n) is 1.37. The summed E-state index contributed by atoms with van der Waals surface area (Å²) in [5, 5.41) is 10.7. The lowest BCUT2D eigenvalue weighted by Gasteiger charge is -2.03. The molecule has 5 nitrogen and oxygen atoms in total. The van der Waals surface area contributed by atoms with E-state index in [1.54, 1.807) is 48.5 Å². The van der Waals surface area contributed by atoms with E-state index < -0.39 is 0 Å². The van der Waals surface area contributed by atoms with Crippen LogP contribution in [0.25, 0.3) is 10.5 Å². The van der Waals surface area contributed by atoms with Gasteiger partial charge in [-0.3, -0.25) is 5.11 Å². The molecule has 1 N–H and O–H groups in total. The normalized spacial score (nSPS) is 9.35. The van der Waals surface area contributed by atoms with E-state index in [2.05, 4.69) is 4.98 Å². The van der Waals surface area contributed by atoms with Gasteiger partial charge in [0.25, 0.3) is 0 Å². The highest BCUT2D eigenvalue weighted by molar-refractivity contribution is 5.49. The summed E-state index contributed by atoms with van der Waals surface area (Å²) in [6, 6.07) is 13.6. The van der Waals surface area contributed by atoms with Crippen molar-refractivity contribution in [2.24, 2.45) is 0 Å². The van der Waals surface area contributed by atoms with Crippen LogP contribution in [0.15, 0.2) is 48.5 Å². The van der Waals surface area contributed by atoms with E-state index in [4.69, 9.17) is 15.7 Å². The minimum Gasteiger partial charge on any atom is -0.502 e. The van der Waals surface area contributed by atoms with Crippen molar-refractivity contribution in [2.45, 2.75) is 0 Å². The molecule has 0 aliphatic rings. The van der Waals surface area contributed by atoms with Gasteiger partial charge < -0.3 is 10.3 Å². The molecule has 17 heavy (non-hydrogen) atoms. The monoisotopic (exact) mass is 225 g/mol. The molecule has 0 bridgehead atoms. The Morgan fingerprint density at radius 1 is 1.06 bits per heavy atom. The molecule has 0 amide bonds. The first-order chi connectivity index (χ1) is 8.31. The van der Waals surface area contributed by atoms with Gasteiger partial charge in [0.15, 0.2) is 10.7 Å². The van der Waals surface area contributed by atoms with Crippen molar-refractivity contribution in [1.29, 1.82) is 5.39 Å². The van der Waals surface area contributed by atoms with E-state index in [0.29, 0.717) is 22.9 Å². The molecule has 5 heteroatoms. The number of nitrogens with one attached hydrogen (secondary N) is 1. The fourth-order valence-corrected chi connectivity index (χ4v) is 1.37. The molecule has 2 aromatic carbocycles. The van der Waals surface area contributed by atoms with Crippen molar-refractivity contribution in [3.05, 3.63) is 59.0 Å². The van der Waals surface area contributed by atoms with Crippen LogP contribution in [0.2, 0.25) is 0 Å². The molecule has 0 radical (unpaired) electrons. The minimum atomic E-state index is 0.416. The molecule has 0 spiro atoms. The smallest absolute Gasteiger partial charge is 0.388 e. The Morgan fingerprint density at radius 3 is 2.47 bits per heavy atom. The number of ether oxygens (including phenoxy) is 1. The van der Waals surface area contributed by atoms with Crippen molar-refractivity contribution in [3.63, 3.8) is 0 Å². The number of hydrogen-bond donors (Lipinski definition) is 1. The second kappa shape index (κ2) is 4.86. The van der Waals surface area contributed by atoms with Crippen molar-refractivity contribution in [1.82, 2.24) is 0 Å². The van der Waals surface area contributed by atoms with Crippen molar-refractivity contribution in [2.75, 3.05) is 0 Å². The summed E-state index contributed by atoms with van der Waals surface area (Å²) in [6.07, 6.45) is 0. The molecule has 0 aliphatic heterocycles. The summed E-state index contributed by atoms with van der Waals surface area (Å²) in [5.74, 6) is 1.12. The Bertz CT molecular complexity index is 589. The molecule has 0 saturated heterocycles. The molecule has 0 fully saturated rings. The summed E-state index contributed by atoms with van der Waals surface area (Å²) >= 11 is 0. The third-order valence-corrected chi connectivity index (χ3v) is 2.13. The standard InChI is InChI=1S/C12H9N4O/c13-15-9-3-1-5-11(7-9)17-12-6-2-4-10(8-12)16-14/h1-8,15H/q+1. The molecule has 0 unspecified atom stereocenters. The Morgan fingerprint density at radius 2 is 1.76 bits per heavy atom. The maximum Gasteiger partial charge on any atom is 0.388 e. The van der Waals surface area contributed by atoms with Crippen molar-refractivity contribution >= 4 is 11.4 Å². The van der Waals surface area contributed by atoms with Gasteiger partial charge in [-0.05, 0) is 12.1 Å². The minimum absolute atomic E-state index is 0.416. The lowest BCUT2D eigenvalue weighted by atomic mass is 10.3. The van der Waals surface area contributed by atoms with E-state index in [9.17, 15) is 0 Å². The highest BCUT2D eigenvalue weighted by atomic mass is 16.5. The fraction of sp³-hybridized carbons (Fsp3) is 0. The largest absolute Gasteiger partial charge is 0.502 e. The molecular formula is C12H9N4O+. The van der Waals surface area contributed by atoms with Crippen molar-refractivity contribution in [3.8, 4) is 11.5 Å². The van der Waals surface area contributed by atoms with Crippen LogP contribution in [-0.2, 0) is 0 Å². The van der Waals surface area contributed by atoms with Gasteiger partial charge in [-0.15, -0.1) is 0 Å². The zero-order chi connectivity index (χ0) is 12.1. The van der Waals surface area contributed by atoms with Gasteiger partial charge in [0, 0.05) is 12.1 Å². The van der Waals surface area contributed by atoms with Crippen LogP contribution in [0.3, 0.4) is 0 Å². The molecule has 0 heterocycles. The van der Waals surface area contributed by atoms with Crippen molar-refractivity contribution < 1.29 is 9.85 Å². The summed E-state index contributed by atoms with van der Waals surface area (Å²) < 4.78 is 5.54. The predicted octanol–water partition coefficient (Wildman–Crippen LogP) is 2.70. The first-order valence-electron chi connectivity index (χ1n) is 4.95. The Labute approximate surface area is 97.8 Å². The van der Waals surface area contributed by atoms with Crippen LogP contribution in [0.4, 0.5) is 11.4 Å². The molecule has 2 rings (SSSR count). The average Bonchev–Trinajstić information content (AvgIpc) is 2.39. The van der Waals surface area contributed by atoms with Gasteiger partial charge in [0.1, 0.15) is 11.5 Å². The van der Waals surface area contributed by atoms with Gasteiger partial charge in [0.2, 0.25) is 5.39 Å². The number of diazo groups is 1. The molecule has 0 aliphatic carbocycles. The number of rotatable bonds is 3. The van der Waals surface area contributed by atoms with E-state index in [0.717, 1.165) is 0 Å². The summed E-state index contributed by atoms with van der Waals surface area (Å²) in [7, 11) is 0. The van der Waals surface area contributed by atoms with Gasteiger partial charge in [-0.25, -0.2) is 0 Å². The lowest BCUT2D eigenvalue weighted by molar-refractivity contribution is -0.379. The predicted molar refractivity (Wildman–Crippen MR) is 61.7 cm³/mol. The third-order valence-electron chi connectivity index (χ3n) is 2.13. The van der Waals surface area contributed by atoms with E-state index in [1.807, 2.05) is 5.11 Å². The molecule has 2 aromatic rings. The molecule has 0 atom stereocenters. The van der Waals surface area contributed by atoms with Gasteiger partial charge in [-0.1, -0.05) is 12.1 Å². The third kappa shape index (κ3) is 2.63. The highest BCUT2D eigenvalue weighted by Crippen LogP contribution is 2.26. The zero-order valence-electron chi connectivity index (χ0n) is 8.87. The van der Waals surface area contributed by atoms with Gasteiger partial charge in [0.05, 0.1) is 12.1 Å². The quantitative estimate of drug-likeness (QED) is 0.644. The number of nitrogens with zero attached hydrogens (tertiary/aromatic N) is 3.